The maximum Gasteiger partial charge on any atom is 0.0548 e. The van der Waals surface area contributed by atoms with Crippen LogP contribution in [-0.2, 0) is 9.44 Å². The van der Waals surface area contributed by atoms with Crippen LogP contribution in [0.4, 0.5) is 0 Å². The van der Waals surface area contributed by atoms with Crippen LogP contribution in [0, 0.1) is 0 Å². The van der Waals surface area contributed by atoms with Gasteiger partial charge in [-0.05, 0) is 6.42 Å². The minimum Gasteiger partial charge on any atom is -0.329 e. The number of unbranched alkanes of at least 4 members (excludes halogenated alkanes) is 14. The topological polar surface area (TPSA) is 38.0 Å². The molecule has 2 nitrogen and oxygen atoms in total. The average molecular weight is 407 g/mol. The summed E-state index contributed by atoms with van der Waals surface area (Å²) in [7, 11) is 3.52. The lowest BCUT2D eigenvalue weighted by atomic mass is 10.0. The first-order valence-corrected chi connectivity index (χ1v) is 15.7. The van der Waals surface area contributed by atoms with Gasteiger partial charge >= 0.3 is 0 Å². The molecule has 0 amide bonds. The molecule has 0 saturated carbocycles. The second-order valence-electron chi connectivity index (χ2n) is 7.44. The summed E-state index contributed by atoms with van der Waals surface area (Å²) in [5.74, 6) is 0. The van der Waals surface area contributed by atoms with Crippen molar-refractivity contribution < 1.29 is 0 Å². The van der Waals surface area contributed by atoms with E-state index in [-0.39, 0.29) is 9.44 Å². The Kier molecular flexibility index (Phi) is 17.4. The summed E-state index contributed by atoms with van der Waals surface area (Å²) in [5.41, 5.74) is 5.53. The van der Waals surface area contributed by atoms with Gasteiger partial charge in [0, 0.05) is 13.1 Å². The molecule has 1 heterocycles. The fourth-order valence-electron chi connectivity index (χ4n) is 3.32. The van der Waals surface area contributed by atoms with E-state index in [4.69, 9.17) is 5.73 Å². The Morgan fingerprint density at radius 3 is 1.60 bits per heavy atom. The summed E-state index contributed by atoms with van der Waals surface area (Å²) >= 11 is 0. The van der Waals surface area contributed by atoms with E-state index in [9.17, 15) is 0 Å². The van der Waals surface area contributed by atoms with E-state index >= 15 is 0 Å². The van der Waals surface area contributed by atoms with Gasteiger partial charge in [0.1, 0.15) is 0 Å². The Hall–Kier alpha value is 0.870. The van der Waals surface area contributed by atoms with E-state index in [2.05, 4.69) is 11.6 Å². The van der Waals surface area contributed by atoms with E-state index < -0.39 is 0 Å². The summed E-state index contributed by atoms with van der Waals surface area (Å²) in [4.78, 5) is 0. The van der Waals surface area contributed by atoms with Gasteiger partial charge in [-0.2, -0.15) is 0 Å². The van der Waals surface area contributed by atoms with Gasteiger partial charge in [0.15, 0.2) is 0 Å². The first-order chi connectivity index (χ1) is 12.4. The highest BCUT2D eigenvalue weighted by atomic mass is 32.7. The molecule has 0 radical (unpaired) electrons. The zero-order valence-corrected chi connectivity index (χ0v) is 19.4. The molecule has 0 bridgehead atoms. The molecule has 0 aromatic carbocycles. The Morgan fingerprint density at radius 1 is 0.720 bits per heavy atom. The quantitative estimate of drug-likeness (QED) is 0.121. The van der Waals surface area contributed by atoms with Gasteiger partial charge in [0.05, 0.1) is 5.40 Å². The summed E-state index contributed by atoms with van der Waals surface area (Å²) in [6, 6.07) is 0. The van der Waals surface area contributed by atoms with Crippen molar-refractivity contribution in [3.63, 3.8) is 0 Å². The lowest BCUT2D eigenvalue weighted by Gasteiger charge is -2.17. The number of hydrogen-bond donors (Lipinski definition) is 3. The largest absolute Gasteiger partial charge is 0.329 e. The second kappa shape index (κ2) is 18.2. The van der Waals surface area contributed by atoms with Gasteiger partial charge in [-0.25, -0.2) is 0 Å². The van der Waals surface area contributed by atoms with Crippen molar-refractivity contribution in [1.82, 2.24) is 4.72 Å². The van der Waals surface area contributed by atoms with Crippen LogP contribution in [0.5, 0.6) is 0 Å². The van der Waals surface area contributed by atoms with Crippen molar-refractivity contribution in [3.05, 3.63) is 0 Å². The van der Waals surface area contributed by atoms with Crippen LogP contribution in [0.25, 0.3) is 0 Å². The molecule has 0 saturated heterocycles. The van der Waals surface area contributed by atoms with Gasteiger partial charge in [0.25, 0.3) is 0 Å². The van der Waals surface area contributed by atoms with Gasteiger partial charge in [0.2, 0.25) is 0 Å². The molecule has 0 aliphatic carbocycles. The van der Waals surface area contributed by atoms with Crippen LogP contribution >= 0.6 is 14.7 Å². The molecule has 1 aliphatic rings. The molecule has 25 heavy (non-hydrogen) atoms. The van der Waals surface area contributed by atoms with Crippen LogP contribution in [0.1, 0.15) is 110 Å². The number of hydrogen-bond acceptors (Lipinski definition) is 2. The molecule has 0 aromatic heterocycles. The van der Waals surface area contributed by atoms with E-state index in [0.717, 1.165) is 18.5 Å². The molecule has 5 heteroatoms. The number of nitrogens with one attached hydrogen (secondary N) is 1. The minimum atomic E-state index is 0.128. The standard InChI is InChI=1S/C20H44N2P2S/c1-2-3-4-5-6-7-8-9-10-11-12-13-14-15-16-17-20-23-25(24-20)22-19-18-21/h20,22,25H,2-19,21H2,1H3. The third-order valence-corrected chi connectivity index (χ3v) is 14.4. The highest BCUT2D eigenvalue weighted by Gasteiger charge is 2.09. The van der Waals surface area contributed by atoms with E-state index in [1.165, 1.54) is 103 Å². The maximum absolute atomic E-state index is 5.53. The normalized spacial score (nSPS) is 20.6. The van der Waals surface area contributed by atoms with Crippen molar-refractivity contribution in [2.75, 3.05) is 13.1 Å². The fraction of sp³-hybridized carbons (Fsp3) is 1.00. The molecule has 0 atom stereocenters. The Bertz CT molecular complexity index is 370. The molecule has 0 unspecified atom stereocenters. The van der Waals surface area contributed by atoms with Crippen molar-refractivity contribution >= 4 is 24.1 Å². The Balaban J connectivity index is 1.70. The predicted molar refractivity (Wildman–Crippen MR) is 123 cm³/mol. The number of nitrogens with two attached hydrogens (primary N) is 1. The molecule has 0 spiro atoms. The van der Waals surface area contributed by atoms with Gasteiger partial charge in [-0.15, -0.1) is 9.44 Å². The van der Waals surface area contributed by atoms with E-state index in [0.29, 0.717) is 0 Å². The van der Waals surface area contributed by atoms with Gasteiger partial charge < -0.3 is 5.73 Å². The molecule has 0 aromatic rings. The molecular weight excluding hydrogens is 362 g/mol. The zero-order chi connectivity index (χ0) is 18.0. The molecule has 3 N–H and O–H groups in total. The highest BCUT2D eigenvalue weighted by molar-refractivity contribution is 8.42. The summed E-state index contributed by atoms with van der Waals surface area (Å²) in [5, 5.41) is 0.985. The first-order valence-electron chi connectivity index (χ1n) is 11.0. The smallest absolute Gasteiger partial charge is 0.0548 e. The predicted octanol–water partition coefficient (Wildman–Crippen LogP) is 7.12. The molecular formula is C20H44N2P2S. The van der Waals surface area contributed by atoms with Crippen molar-refractivity contribution in [2.45, 2.75) is 115 Å². The van der Waals surface area contributed by atoms with Crippen LogP contribution in [-0.4, -0.2) is 18.5 Å². The fourth-order valence-corrected chi connectivity index (χ4v) is 11.4. The first kappa shape index (κ1) is 23.9. The lowest BCUT2D eigenvalue weighted by Crippen LogP contribution is -2.21. The van der Waals surface area contributed by atoms with Crippen LogP contribution in [0.2, 0.25) is 0 Å². The average Bonchev–Trinajstić information content (AvgIpc) is 2.59. The van der Waals surface area contributed by atoms with Gasteiger partial charge in [-0.3, -0.25) is 4.72 Å². The van der Waals surface area contributed by atoms with E-state index in [1.807, 2.05) is 0 Å². The molecule has 1 aliphatic heterocycles. The number of rotatable bonds is 19. The van der Waals surface area contributed by atoms with Crippen molar-refractivity contribution in [2.24, 2.45) is 5.73 Å². The number of thiol groups is 1. The molecule has 1 rings (SSSR count). The van der Waals surface area contributed by atoms with Crippen molar-refractivity contribution in [1.29, 1.82) is 0 Å². The SMILES string of the molecule is CCCCCCCCCCCCCCCCCC1P=[SH](NCCN)=P1. The monoisotopic (exact) mass is 406 g/mol. The lowest BCUT2D eigenvalue weighted by molar-refractivity contribution is 0.531. The van der Waals surface area contributed by atoms with Gasteiger partial charge in [-0.1, -0.05) is 118 Å². The summed E-state index contributed by atoms with van der Waals surface area (Å²) < 4.78 is 3.57. The zero-order valence-electron chi connectivity index (χ0n) is 16.7. The van der Waals surface area contributed by atoms with Crippen LogP contribution < -0.4 is 10.5 Å². The van der Waals surface area contributed by atoms with Crippen LogP contribution in [0.15, 0.2) is 0 Å². The molecule has 0 fully saturated rings. The third kappa shape index (κ3) is 14.6. The Morgan fingerprint density at radius 2 is 1.16 bits per heavy atom. The minimum absolute atomic E-state index is 0.128. The van der Waals surface area contributed by atoms with Crippen molar-refractivity contribution in [3.8, 4) is 0 Å². The third-order valence-electron chi connectivity index (χ3n) is 4.95. The Labute approximate surface area is 162 Å². The second-order valence-corrected chi connectivity index (χ2v) is 15.2. The summed E-state index contributed by atoms with van der Waals surface area (Å²) in [6.07, 6.45) is 23.4. The highest BCUT2D eigenvalue weighted by Crippen LogP contribution is 2.38. The summed E-state index contributed by atoms with van der Waals surface area (Å²) in [6.45, 7) is 4.09. The maximum atomic E-state index is 5.53. The van der Waals surface area contributed by atoms with E-state index in [1.54, 1.807) is 14.7 Å². The molecule has 150 valence electrons. The van der Waals surface area contributed by atoms with Crippen LogP contribution in [0.3, 0.4) is 0 Å².